The molecule has 1 aromatic heterocycles. The van der Waals surface area contributed by atoms with Crippen molar-refractivity contribution in [2.75, 3.05) is 37.0 Å². The maximum Gasteiger partial charge on any atom is 0.353 e. The lowest BCUT2D eigenvalue weighted by Gasteiger charge is -2.20. The molecular weight excluding hydrogens is 338 g/mol. The number of aromatic nitrogens is 2. The second-order valence-corrected chi connectivity index (χ2v) is 5.91. The Bertz CT molecular complexity index is 799. The van der Waals surface area contributed by atoms with Gasteiger partial charge in [0.25, 0.3) is 0 Å². The Morgan fingerprint density at radius 1 is 1.27 bits per heavy atom. The topological polar surface area (TPSA) is 103 Å². The fourth-order valence-electron chi connectivity index (χ4n) is 2.67. The number of fused-ring (bicyclic) bond motifs is 1. The molecule has 0 aliphatic carbocycles. The number of hydrogen-bond donors (Lipinski definition) is 1. The Kier molecular flexibility index (Phi) is 5.35. The lowest BCUT2D eigenvalue weighted by Crippen LogP contribution is -2.21. The smallest absolute Gasteiger partial charge is 0.353 e. The largest absolute Gasteiger partial charge is 0.486 e. The third kappa shape index (κ3) is 3.76. The Morgan fingerprint density at radius 2 is 2.04 bits per heavy atom. The maximum atomic E-state index is 11.7. The summed E-state index contributed by atoms with van der Waals surface area (Å²) in [7, 11) is 1.79. The van der Waals surface area contributed by atoms with E-state index in [0.717, 1.165) is 12.8 Å². The molecule has 9 nitrogen and oxygen atoms in total. The van der Waals surface area contributed by atoms with E-state index in [9.17, 15) is 10.1 Å². The molecule has 3 rings (SSSR count). The molecule has 1 aliphatic rings. The average Bonchev–Trinajstić information content (AvgIpc) is 2.65. The van der Waals surface area contributed by atoms with Gasteiger partial charge >= 0.3 is 5.69 Å². The van der Waals surface area contributed by atoms with Crippen molar-refractivity contribution in [1.82, 2.24) is 9.97 Å². The minimum Gasteiger partial charge on any atom is -0.486 e. The Hall–Kier alpha value is -3.10. The lowest BCUT2D eigenvalue weighted by molar-refractivity contribution is -0.383. The summed E-state index contributed by atoms with van der Waals surface area (Å²) in [5, 5.41) is 14.7. The molecule has 1 aliphatic heterocycles. The van der Waals surface area contributed by atoms with E-state index in [4.69, 9.17) is 9.47 Å². The number of nitrogens with zero attached hydrogens (tertiary/aromatic N) is 4. The Morgan fingerprint density at radius 3 is 2.77 bits per heavy atom. The van der Waals surface area contributed by atoms with Crippen molar-refractivity contribution >= 4 is 23.0 Å². The van der Waals surface area contributed by atoms with Crippen molar-refractivity contribution in [3.63, 3.8) is 0 Å². The van der Waals surface area contributed by atoms with E-state index in [0.29, 0.717) is 42.8 Å². The van der Waals surface area contributed by atoms with Crippen molar-refractivity contribution in [2.45, 2.75) is 19.8 Å². The van der Waals surface area contributed by atoms with Gasteiger partial charge in [-0.15, -0.1) is 0 Å². The third-order valence-electron chi connectivity index (χ3n) is 4.00. The highest BCUT2D eigenvalue weighted by molar-refractivity contribution is 5.75. The van der Waals surface area contributed by atoms with Gasteiger partial charge in [-0.05, 0) is 18.6 Å². The zero-order chi connectivity index (χ0) is 18.5. The van der Waals surface area contributed by atoms with Gasteiger partial charge in [-0.2, -0.15) is 0 Å². The summed E-state index contributed by atoms with van der Waals surface area (Å²) < 4.78 is 11.0. The van der Waals surface area contributed by atoms with Crippen LogP contribution in [0.25, 0.3) is 0 Å². The summed E-state index contributed by atoms with van der Waals surface area (Å²) in [6.45, 7) is 3.72. The van der Waals surface area contributed by atoms with Gasteiger partial charge in [0, 0.05) is 25.3 Å². The normalized spacial score (nSPS) is 12.5. The Balaban J connectivity index is 1.91. The van der Waals surface area contributed by atoms with Gasteiger partial charge in [-0.1, -0.05) is 13.3 Å². The molecule has 0 atom stereocenters. The van der Waals surface area contributed by atoms with E-state index in [2.05, 4.69) is 22.2 Å². The number of unbranched alkanes of at least 4 members (excludes halogenated alkanes) is 1. The van der Waals surface area contributed by atoms with Crippen LogP contribution in [0.2, 0.25) is 0 Å². The van der Waals surface area contributed by atoms with Crippen molar-refractivity contribution in [3.8, 4) is 11.5 Å². The van der Waals surface area contributed by atoms with Crippen LogP contribution in [0.5, 0.6) is 11.5 Å². The lowest BCUT2D eigenvalue weighted by atomic mass is 10.2. The second kappa shape index (κ2) is 7.85. The van der Waals surface area contributed by atoms with Gasteiger partial charge in [0.15, 0.2) is 11.5 Å². The van der Waals surface area contributed by atoms with Crippen molar-refractivity contribution in [1.29, 1.82) is 0 Å². The van der Waals surface area contributed by atoms with Gasteiger partial charge in [0.2, 0.25) is 11.6 Å². The summed E-state index contributed by atoms with van der Waals surface area (Å²) >= 11 is 0. The quantitative estimate of drug-likeness (QED) is 0.594. The summed E-state index contributed by atoms with van der Waals surface area (Å²) in [4.78, 5) is 21.2. The monoisotopic (exact) mass is 359 g/mol. The highest BCUT2D eigenvalue weighted by atomic mass is 16.6. The van der Waals surface area contributed by atoms with Crippen LogP contribution in [-0.4, -0.2) is 41.7 Å². The molecule has 0 spiro atoms. The third-order valence-corrected chi connectivity index (χ3v) is 4.00. The standard InChI is InChI=1S/C17H21N5O4/c1-3-4-7-21(2)17-15(22(23)24)16(18-11-19-17)20-12-5-6-13-14(10-12)26-9-8-25-13/h5-6,10-11H,3-4,7-9H2,1-2H3,(H,18,19,20). The number of benzene rings is 1. The fourth-order valence-corrected chi connectivity index (χ4v) is 2.67. The number of hydrogen-bond acceptors (Lipinski definition) is 8. The van der Waals surface area contributed by atoms with E-state index in [-0.39, 0.29) is 11.5 Å². The first-order chi connectivity index (χ1) is 12.6. The number of anilines is 3. The molecule has 2 aromatic rings. The maximum absolute atomic E-state index is 11.7. The van der Waals surface area contributed by atoms with Crippen molar-refractivity contribution in [2.24, 2.45) is 0 Å². The number of nitrogens with one attached hydrogen (secondary N) is 1. The first-order valence-electron chi connectivity index (χ1n) is 8.47. The first kappa shape index (κ1) is 17.7. The molecule has 0 unspecified atom stereocenters. The van der Waals surface area contributed by atoms with Crippen LogP contribution in [-0.2, 0) is 0 Å². The summed E-state index contributed by atoms with van der Waals surface area (Å²) in [5.74, 6) is 1.68. The van der Waals surface area contributed by atoms with Crippen LogP contribution in [0.15, 0.2) is 24.5 Å². The van der Waals surface area contributed by atoms with Crippen LogP contribution < -0.4 is 19.7 Å². The number of ether oxygens (including phenoxy) is 2. The van der Waals surface area contributed by atoms with Gasteiger partial charge < -0.3 is 19.7 Å². The van der Waals surface area contributed by atoms with Crippen LogP contribution >= 0.6 is 0 Å². The van der Waals surface area contributed by atoms with E-state index in [1.165, 1.54) is 6.33 Å². The molecule has 0 saturated heterocycles. The molecule has 0 amide bonds. The number of nitro groups is 1. The van der Waals surface area contributed by atoms with E-state index in [1.807, 2.05) is 0 Å². The number of rotatable bonds is 7. The molecule has 1 aromatic carbocycles. The minimum absolute atomic E-state index is 0.139. The van der Waals surface area contributed by atoms with Crippen LogP contribution in [0.1, 0.15) is 19.8 Å². The molecule has 26 heavy (non-hydrogen) atoms. The average molecular weight is 359 g/mol. The molecule has 1 N–H and O–H groups in total. The molecule has 0 bridgehead atoms. The van der Waals surface area contributed by atoms with E-state index < -0.39 is 4.92 Å². The SMILES string of the molecule is CCCCN(C)c1ncnc(Nc2ccc3c(c2)OCCO3)c1[N+](=O)[O-]. The van der Waals surface area contributed by atoms with Crippen molar-refractivity contribution in [3.05, 3.63) is 34.6 Å². The van der Waals surface area contributed by atoms with Gasteiger partial charge in [-0.3, -0.25) is 10.1 Å². The van der Waals surface area contributed by atoms with Gasteiger partial charge in [0.1, 0.15) is 19.5 Å². The second-order valence-electron chi connectivity index (χ2n) is 5.91. The van der Waals surface area contributed by atoms with Gasteiger partial charge in [-0.25, -0.2) is 9.97 Å². The Labute approximate surface area is 151 Å². The highest BCUT2D eigenvalue weighted by Crippen LogP contribution is 2.36. The summed E-state index contributed by atoms with van der Waals surface area (Å²) in [6.07, 6.45) is 3.24. The summed E-state index contributed by atoms with van der Waals surface area (Å²) in [6, 6.07) is 5.26. The van der Waals surface area contributed by atoms with Gasteiger partial charge in [0.05, 0.1) is 4.92 Å². The zero-order valence-corrected chi connectivity index (χ0v) is 14.8. The predicted octanol–water partition coefficient (Wildman–Crippen LogP) is 3.14. The van der Waals surface area contributed by atoms with Crippen molar-refractivity contribution < 1.29 is 14.4 Å². The molecular formula is C17H21N5O4. The van der Waals surface area contributed by atoms with Crippen LogP contribution in [0.3, 0.4) is 0 Å². The van der Waals surface area contributed by atoms with E-state index >= 15 is 0 Å². The molecule has 0 saturated carbocycles. The fraction of sp³-hybridized carbons (Fsp3) is 0.412. The van der Waals surface area contributed by atoms with Crippen LogP contribution in [0, 0.1) is 10.1 Å². The molecule has 2 heterocycles. The van der Waals surface area contributed by atoms with E-state index in [1.54, 1.807) is 30.1 Å². The predicted molar refractivity (Wildman–Crippen MR) is 97.6 cm³/mol. The minimum atomic E-state index is -0.460. The molecule has 9 heteroatoms. The molecule has 0 radical (unpaired) electrons. The first-order valence-corrected chi connectivity index (χ1v) is 8.47. The molecule has 138 valence electrons. The zero-order valence-electron chi connectivity index (χ0n) is 14.8. The highest BCUT2D eigenvalue weighted by Gasteiger charge is 2.26. The van der Waals surface area contributed by atoms with Crippen LogP contribution in [0.4, 0.5) is 23.0 Å². The summed E-state index contributed by atoms with van der Waals surface area (Å²) in [5.41, 5.74) is 0.471. The molecule has 0 fully saturated rings.